The maximum Gasteiger partial charge on any atom is 0.254 e. The molecule has 28 heavy (non-hydrogen) atoms. The van der Waals surface area contributed by atoms with Crippen LogP contribution in [0.1, 0.15) is 18.1 Å². The summed E-state index contributed by atoms with van der Waals surface area (Å²) < 4.78 is 0.987. The molecule has 0 aromatic heterocycles. The molecule has 5 nitrogen and oxygen atoms in total. The molecule has 1 aliphatic heterocycles. The summed E-state index contributed by atoms with van der Waals surface area (Å²) >= 11 is 9.69. The molecule has 1 amide bonds. The maximum absolute atomic E-state index is 12.2. The van der Waals surface area contributed by atoms with E-state index in [4.69, 9.17) is 11.6 Å². The van der Waals surface area contributed by atoms with Crippen LogP contribution < -0.4 is 5.43 Å². The van der Waals surface area contributed by atoms with Crippen molar-refractivity contribution in [1.82, 2.24) is 15.2 Å². The van der Waals surface area contributed by atoms with E-state index in [1.165, 1.54) is 0 Å². The van der Waals surface area contributed by atoms with Gasteiger partial charge in [0.1, 0.15) is 0 Å². The third kappa shape index (κ3) is 6.14. The molecule has 148 valence electrons. The topological polar surface area (TPSA) is 47.9 Å². The fourth-order valence-corrected chi connectivity index (χ4v) is 3.73. The SMILES string of the molecule is C/C(=N\NC(=O)CN1CCN(Cc2ccccc2Cl)CC1)c1cccc(Br)c1. The van der Waals surface area contributed by atoms with Gasteiger partial charge in [-0.15, -0.1) is 0 Å². The molecule has 1 N–H and O–H groups in total. The highest BCUT2D eigenvalue weighted by atomic mass is 79.9. The van der Waals surface area contributed by atoms with Crippen molar-refractivity contribution in [2.24, 2.45) is 5.10 Å². The fourth-order valence-electron chi connectivity index (χ4n) is 3.14. The van der Waals surface area contributed by atoms with Crippen molar-refractivity contribution < 1.29 is 4.79 Å². The van der Waals surface area contributed by atoms with Gasteiger partial charge in [-0.05, 0) is 36.2 Å². The Balaban J connectivity index is 1.43. The van der Waals surface area contributed by atoms with Gasteiger partial charge in [-0.2, -0.15) is 5.10 Å². The minimum atomic E-state index is -0.0890. The first-order valence-corrected chi connectivity index (χ1v) is 10.5. The lowest BCUT2D eigenvalue weighted by molar-refractivity contribution is -0.122. The lowest BCUT2D eigenvalue weighted by atomic mass is 10.1. The highest BCUT2D eigenvalue weighted by molar-refractivity contribution is 9.10. The van der Waals surface area contributed by atoms with Crippen LogP contribution in [0.15, 0.2) is 58.1 Å². The zero-order chi connectivity index (χ0) is 19.9. The average molecular weight is 464 g/mol. The number of carbonyl (C=O) groups excluding carboxylic acids is 1. The first-order chi connectivity index (χ1) is 13.5. The summed E-state index contributed by atoms with van der Waals surface area (Å²) in [5, 5.41) is 5.03. The van der Waals surface area contributed by atoms with Crippen molar-refractivity contribution in [2.75, 3.05) is 32.7 Å². The fraction of sp³-hybridized carbons (Fsp3) is 0.333. The number of hydrogen-bond acceptors (Lipinski definition) is 4. The molecule has 7 heteroatoms. The lowest BCUT2D eigenvalue weighted by Crippen LogP contribution is -2.48. The molecule has 0 bridgehead atoms. The lowest BCUT2D eigenvalue weighted by Gasteiger charge is -2.34. The molecule has 0 atom stereocenters. The minimum Gasteiger partial charge on any atom is -0.296 e. The molecule has 2 aromatic rings. The van der Waals surface area contributed by atoms with Crippen LogP contribution >= 0.6 is 27.5 Å². The van der Waals surface area contributed by atoms with Crippen LogP contribution in [0.5, 0.6) is 0 Å². The second-order valence-corrected chi connectivity index (χ2v) is 8.21. The van der Waals surface area contributed by atoms with E-state index >= 15 is 0 Å². The van der Waals surface area contributed by atoms with E-state index in [0.29, 0.717) is 6.54 Å². The first kappa shape index (κ1) is 21.0. The number of hydrazone groups is 1. The number of hydrogen-bond donors (Lipinski definition) is 1. The molecular weight excluding hydrogens is 440 g/mol. The molecule has 0 unspecified atom stereocenters. The van der Waals surface area contributed by atoms with Crippen molar-refractivity contribution >= 4 is 39.1 Å². The van der Waals surface area contributed by atoms with E-state index in [1.54, 1.807) is 0 Å². The molecule has 0 aliphatic carbocycles. The third-order valence-electron chi connectivity index (χ3n) is 4.77. The first-order valence-electron chi connectivity index (χ1n) is 9.28. The predicted octanol–water partition coefficient (Wildman–Crippen LogP) is 3.76. The molecule has 1 aliphatic rings. The van der Waals surface area contributed by atoms with Crippen LogP contribution in [-0.2, 0) is 11.3 Å². The maximum atomic E-state index is 12.2. The van der Waals surface area contributed by atoms with E-state index < -0.39 is 0 Å². The molecular formula is C21H24BrClN4O. The van der Waals surface area contributed by atoms with Gasteiger partial charge in [0.05, 0.1) is 12.3 Å². The standard InChI is InChI=1S/C21H24BrClN4O/c1-16(17-6-4-7-19(22)13-17)24-25-21(28)15-27-11-9-26(10-12-27)14-18-5-2-3-8-20(18)23/h2-8,13H,9-12,14-15H2,1H3,(H,25,28)/b24-16+. The number of nitrogens with one attached hydrogen (secondary N) is 1. The highest BCUT2D eigenvalue weighted by Gasteiger charge is 2.19. The smallest absolute Gasteiger partial charge is 0.254 e. The largest absolute Gasteiger partial charge is 0.296 e. The van der Waals surface area contributed by atoms with E-state index in [2.05, 4.69) is 42.3 Å². The summed E-state index contributed by atoms with van der Waals surface area (Å²) in [5.41, 5.74) is 5.57. The van der Waals surface area contributed by atoms with Crippen LogP contribution in [0.3, 0.4) is 0 Å². The summed E-state index contributed by atoms with van der Waals surface area (Å²) in [6, 6.07) is 15.8. The number of halogens is 2. The second-order valence-electron chi connectivity index (χ2n) is 6.89. The molecule has 0 saturated carbocycles. The van der Waals surface area contributed by atoms with Gasteiger partial charge in [0.25, 0.3) is 5.91 Å². The van der Waals surface area contributed by atoms with Crippen LogP contribution in [0, 0.1) is 0 Å². The van der Waals surface area contributed by atoms with Crippen molar-refractivity contribution in [3.8, 4) is 0 Å². The minimum absolute atomic E-state index is 0.0890. The molecule has 3 rings (SSSR count). The summed E-state index contributed by atoms with van der Waals surface area (Å²) in [5.74, 6) is -0.0890. The number of nitrogens with zero attached hydrogens (tertiary/aromatic N) is 3. The molecule has 1 heterocycles. The van der Waals surface area contributed by atoms with Crippen molar-refractivity contribution in [3.63, 3.8) is 0 Å². The van der Waals surface area contributed by atoms with E-state index in [1.807, 2.05) is 49.4 Å². The highest BCUT2D eigenvalue weighted by Crippen LogP contribution is 2.18. The predicted molar refractivity (Wildman–Crippen MR) is 118 cm³/mol. The molecule has 2 aromatic carbocycles. The number of carbonyl (C=O) groups is 1. The monoisotopic (exact) mass is 462 g/mol. The number of piperazine rings is 1. The Morgan fingerprint density at radius 2 is 1.82 bits per heavy atom. The second kappa shape index (κ2) is 10.2. The third-order valence-corrected chi connectivity index (χ3v) is 5.64. The van der Waals surface area contributed by atoms with E-state index in [-0.39, 0.29) is 5.91 Å². The zero-order valence-corrected chi connectivity index (χ0v) is 18.2. The Morgan fingerprint density at radius 3 is 2.54 bits per heavy atom. The zero-order valence-electron chi connectivity index (χ0n) is 15.9. The van der Waals surface area contributed by atoms with Crippen LogP contribution in [0.4, 0.5) is 0 Å². The summed E-state index contributed by atoms with van der Waals surface area (Å²) in [4.78, 5) is 16.8. The van der Waals surface area contributed by atoms with Crippen molar-refractivity contribution in [1.29, 1.82) is 0 Å². The van der Waals surface area contributed by atoms with Gasteiger partial charge in [0, 0.05) is 42.2 Å². The summed E-state index contributed by atoms with van der Waals surface area (Å²) in [6.07, 6.45) is 0. The molecule has 1 saturated heterocycles. The van der Waals surface area contributed by atoms with Gasteiger partial charge in [-0.3, -0.25) is 14.6 Å². The van der Waals surface area contributed by atoms with Crippen molar-refractivity contribution in [3.05, 3.63) is 69.2 Å². The van der Waals surface area contributed by atoms with Gasteiger partial charge in [0.15, 0.2) is 0 Å². The molecule has 0 radical (unpaired) electrons. The van der Waals surface area contributed by atoms with Gasteiger partial charge >= 0.3 is 0 Å². The Hall–Kier alpha value is -1.73. The average Bonchev–Trinajstić information content (AvgIpc) is 2.69. The van der Waals surface area contributed by atoms with Gasteiger partial charge in [-0.25, -0.2) is 5.43 Å². The quantitative estimate of drug-likeness (QED) is 0.524. The Bertz CT molecular complexity index is 850. The number of amides is 1. The van der Waals surface area contributed by atoms with E-state index in [9.17, 15) is 4.79 Å². The van der Waals surface area contributed by atoms with Crippen LogP contribution in [-0.4, -0.2) is 54.1 Å². The Morgan fingerprint density at radius 1 is 1.11 bits per heavy atom. The summed E-state index contributed by atoms with van der Waals surface area (Å²) in [6.45, 7) is 6.62. The number of rotatable bonds is 6. The summed E-state index contributed by atoms with van der Waals surface area (Å²) in [7, 11) is 0. The Labute approximate surface area is 179 Å². The van der Waals surface area contributed by atoms with Crippen molar-refractivity contribution in [2.45, 2.75) is 13.5 Å². The van der Waals surface area contributed by atoms with Gasteiger partial charge in [0.2, 0.25) is 0 Å². The Kier molecular flexibility index (Phi) is 7.62. The molecule has 0 spiro atoms. The van der Waals surface area contributed by atoms with Gasteiger partial charge in [-0.1, -0.05) is 57.9 Å². The number of benzene rings is 2. The van der Waals surface area contributed by atoms with Gasteiger partial charge < -0.3 is 0 Å². The van der Waals surface area contributed by atoms with Crippen LogP contribution in [0.25, 0.3) is 0 Å². The molecule has 1 fully saturated rings. The van der Waals surface area contributed by atoms with E-state index in [0.717, 1.165) is 59.1 Å². The van der Waals surface area contributed by atoms with Crippen LogP contribution in [0.2, 0.25) is 5.02 Å². The normalized spacial score (nSPS) is 16.2.